The molecule has 0 saturated carbocycles. The fraction of sp³-hybridized carbons (Fsp3) is 0.188. The van der Waals surface area contributed by atoms with Crippen molar-refractivity contribution in [2.75, 3.05) is 11.9 Å². The second-order valence-corrected chi connectivity index (χ2v) is 5.41. The van der Waals surface area contributed by atoms with Crippen molar-refractivity contribution in [3.05, 3.63) is 47.0 Å². The maximum absolute atomic E-state index is 10.4. The summed E-state index contributed by atoms with van der Waals surface area (Å²) in [6.07, 6.45) is 0. The van der Waals surface area contributed by atoms with E-state index in [1.165, 1.54) is 0 Å². The van der Waals surface area contributed by atoms with Crippen LogP contribution in [0, 0.1) is 0 Å². The number of phenols is 1. The van der Waals surface area contributed by atoms with Gasteiger partial charge in [-0.3, -0.25) is 0 Å². The Bertz CT molecular complexity index is 767. The number of benzene rings is 2. The highest BCUT2D eigenvalue weighted by Crippen LogP contribution is 2.33. The van der Waals surface area contributed by atoms with Gasteiger partial charge in [-0.25, -0.2) is 4.98 Å². The Labute approximate surface area is 133 Å². The number of fused-ring (bicyclic) bond motifs is 1. The van der Waals surface area contributed by atoms with Crippen LogP contribution in [0.25, 0.3) is 11.0 Å². The highest BCUT2D eigenvalue weighted by atomic mass is 35.5. The van der Waals surface area contributed by atoms with Gasteiger partial charge in [-0.1, -0.05) is 30.7 Å². The molecule has 0 radical (unpaired) electrons. The number of aromatic hydroxyl groups is 1. The SMILES string of the molecule is CCNCc1cc(Cl)cc(Nc2nc3ccccc3[nH]2)c1O. The van der Waals surface area contributed by atoms with Crippen LogP contribution in [-0.2, 0) is 6.54 Å². The Balaban J connectivity index is 1.92. The van der Waals surface area contributed by atoms with Gasteiger partial charge in [0.15, 0.2) is 0 Å². The van der Waals surface area contributed by atoms with Crippen LogP contribution in [0.1, 0.15) is 12.5 Å². The van der Waals surface area contributed by atoms with Crippen molar-refractivity contribution in [1.82, 2.24) is 15.3 Å². The number of rotatable bonds is 5. The number of nitrogens with one attached hydrogen (secondary N) is 3. The number of halogens is 1. The number of aromatic amines is 1. The van der Waals surface area contributed by atoms with Crippen molar-refractivity contribution in [2.45, 2.75) is 13.5 Å². The Morgan fingerprint density at radius 1 is 1.27 bits per heavy atom. The molecule has 0 aliphatic carbocycles. The number of phenolic OH excluding ortho intramolecular Hbond substituents is 1. The van der Waals surface area contributed by atoms with Crippen LogP contribution in [0.15, 0.2) is 36.4 Å². The molecule has 2 aromatic carbocycles. The normalized spacial score (nSPS) is 11.0. The van der Waals surface area contributed by atoms with Crippen LogP contribution in [0.3, 0.4) is 0 Å². The van der Waals surface area contributed by atoms with Gasteiger partial charge in [0, 0.05) is 17.1 Å². The van der Waals surface area contributed by atoms with Gasteiger partial charge < -0.3 is 20.7 Å². The average molecular weight is 317 g/mol. The lowest BCUT2D eigenvalue weighted by Gasteiger charge is -2.11. The molecule has 6 heteroatoms. The smallest absolute Gasteiger partial charge is 0.205 e. The zero-order valence-corrected chi connectivity index (χ0v) is 12.9. The predicted octanol–water partition coefficient (Wildman–Crippen LogP) is 3.78. The number of imidazole rings is 1. The number of para-hydroxylation sites is 2. The summed E-state index contributed by atoms with van der Waals surface area (Å²) in [6.45, 7) is 3.38. The largest absolute Gasteiger partial charge is 0.505 e. The van der Waals surface area contributed by atoms with Crippen molar-refractivity contribution < 1.29 is 5.11 Å². The van der Waals surface area contributed by atoms with Crippen molar-refractivity contribution in [3.63, 3.8) is 0 Å². The van der Waals surface area contributed by atoms with E-state index < -0.39 is 0 Å². The van der Waals surface area contributed by atoms with Crippen LogP contribution in [0.2, 0.25) is 5.02 Å². The lowest BCUT2D eigenvalue weighted by molar-refractivity contribution is 0.467. The number of hydrogen-bond donors (Lipinski definition) is 4. The predicted molar refractivity (Wildman–Crippen MR) is 89.9 cm³/mol. The molecule has 3 aromatic rings. The minimum Gasteiger partial charge on any atom is -0.505 e. The van der Waals surface area contributed by atoms with E-state index in [0.29, 0.717) is 23.2 Å². The molecule has 1 heterocycles. The second-order valence-electron chi connectivity index (χ2n) is 4.97. The minimum absolute atomic E-state index is 0.172. The van der Waals surface area contributed by atoms with Gasteiger partial charge in [-0.05, 0) is 30.8 Å². The van der Waals surface area contributed by atoms with Crippen molar-refractivity contribution in [1.29, 1.82) is 0 Å². The first-order valence-corrected chi connectivity index (χ1v) is 7.49. The summed E-state index contributed by atoms with van der Waals surface area (Å²) >= 11 is 6.14. The summed E-state index contributed by atoms with van der Waals surface area (Å²) in [5.41, 5.74) is 3.06. The van der Waals surface area contributed by atoms with Gasteiger partial charge in [0.25, 0.3) is 0 Å². The lowest BCUT2D eigenvalue weighted by Crippen LogP contribution is -2.12. The third-order valence-electron chi connectivity index (χ3n) is 3.36. The van der Waals surface area contributed by atoms with Crippen LogP contribution >= 0.6 is 11.6 Å². The highest BCUT2D eigenvalue weighted by molar-refractivity contribution is 6.31. The van der Waals surface area contributed by atoms with Crippen LogP contribution in [0.5, 0.6) is 5.75 Å². The Kier molecular flexibility index (Phi) is 4.18. The molecule has 0 aliphatic heterocycles. The third-order valence-corrected chi connectivity index (χ3v) is 3.58. The van der Waals surface area contributed by atoms with Gasteiger partial charge in [0.1, 0.15) is 5.75 Å². The highest BCUT2D eigenvalue weighted by Gasteiger charge is 2.11. The molecule has 0 saturated heterocycles. The summed E-state index contributed by atoms with van der Waals surface area (Å²) in [7, 11) is 0. The topological polar surface area (TPSA) is 73.0 Å². The first-order valence-electron chi connectivity index (χ1n) is 7.11. The van der Waals surface area contributed by atoms with E-state index >= 15 is 0 Å². The zero-order valence-electron chi connectivity index (χ0n) is 12.2. The Hall–Kier alpha value is -2.24. The average Bonchev–Trinajstić information content (AvgIpc) is 2.91. The monoisotopic (exact) mass is 316 g/mol. The van der Waals surface area contributed by atoms with Gasteiger partial charge in [-0.2, -0.15) is 0 Å². The number of anilines is 2. The number of hydrogen-bond acceptors (Lipinski definition) is 4. The van der Waals surface area contributed by atoms with E-state index in [2.05, 4.69) is 20.6 Å². The molecule has 22 heavy (non-hydrogen) atoms. The first-order chi connectivity index (χ1) is 10.7. The summed E-state index contributed by atoms with van der Waals surface area (Å²) in [5.74, 6) is 0.735. The second kappa shape index (κ2) is 6.25. The van der Waals surface area contributed by atoms with E-state index in [0.717, 1.165) is 23.1 Å². The molecule has 0 amide bonds. The first kappa shape index (κ1) is 14.7. The van der Waals surface area contributed by atoms with E-state index in [9.17, 15) is 5.11 Å². The number of nitrogens with zero attached hydrogens (tertiary/aromatic N) is 1. The van der Waals surface area contributed by atoms with Crippen molar-refractivity contribution >= 4 is 34.3 Å². The molecule has 0 fully saturated rings. The van der Waals surface area contributed by atoms with Gasteiger partial charge in [-0.15, -0.1) is 0 Å². The van der Waals surface area contributed by atoms with Crippen LogP contribution in [-0.4, -0.2) is 21.6 Å². The molecule has 0 unspecified atom stereocenters. The number of aromatic nitrogens is 2. The van der Waals surface area contributed by atoms with E-state index in [1.807, 2.05) is 31.2 Å². The van der Waals surface area contributed by atoms with Gasteiger partial charge in [0.05, 0.1) is 16.7 Å². The zero-order chi connectivity index (χ0) is 15.5. The molecule has 0 aliphatic rings. The summed E-state index contributed by atoms with van der Waals surface area (Å²) < 4.78 is 0. The van der Waals surface area contributed by atoms with Crippen molar-refractivity contribution in [3.8, 4) is 5.75 Å². The molecule has 114 valence electrons. The number of H-pyrrole nitrogens is 1. The standard InChI is InChI=1S/C16H17ClN4O/c1-2-18-9-10-7-11(17)8-14(15(10)22)21-16-19-12-5-3-4-6-13(12)20-16/h3-8,18,22H,2,9H2,1H3,(H2,19,20,21). The fourth-order valence-electron chi connectivity index (χ4n) is 2.28. The van der Waals surface area contributed by atoms with Gasteiger partial charge in [0.2, 0.25) is 5.95 Å². The van der Waals surface area contributed by atoms with E-state index in [-0.39, 0.29) is 5.75 Å². The summed E-state index contributed by atoms with van der Waals surface area (Å²) in [5, 5.41) is 17.2. The summed E-state index contributed by atoms with van der Waals surface area (Å²) in [6, 6.07) is 11.2. The maximum Gasteiger partial charge on any atom is 0.205 e. The Morgan fingerprint density at radius 2 is 2.09 bits per heavy atom. The van der Waals surface area contributed by atoms with Gasteiger partial charge >= 0.3 is 0 Å². The molecular weight excluding hydrogens is 300 g/mol. The maximum atomic E-state index is 10.4. The Morgan fingerprint density at radius 3 is 2.86 bits per heavy atom. The molecule has 0 spiro atoms. The lowest BCUT2D eigenvalue weighted by atomic mass is 10.1. The molecule has 1 aromatic heterocycles. The van der Waals surface area contributed by atoms with Crippen LogP contribution in [0.4, 0.5) is 11.6 Å². The molecule has 5 nitrogen and oxygen atoms in total. The third kappa shape index (κ3) is 3.00. The van der Waals surface area contributed by atoms with Crippen molar-refractivity contribution in [2.24, 2.45) is 0 Å². The fourth-order valence-corrected chi connectivity index (χ4v) is 2.53. The molecule has 3 rings (SSSR count). The molecule has 4 N–H and O–H groups in total. The van der Waals surface area contributed by atoms with E-state index in [1.54, 1.807) is 12.1 Å². The molecule has 0 atom stereocenters. The van der Waals surface area contributed by atoms with E-state index in [4.69, 9.17) is 11.6 Å². The molecular formula is C16H17ClN4O. The minimum atomic E-state index is 0.172. The quantitative estimate of drug-likeness (QED) is 0.541. The summed E-state index contributed by atoms with van der Waals surface area (Å²) in [4.78, 5) is 7.60. The van der Waals surface area contributed by atoms with Crippen LogP contribution < -0.4 is 10.6 Å². The molecule has 0 bridgehead atoms.